The Morgan fingerprint density at radius 2 is 1.74 bits per heavy atom. The van der Waals surface area contributed by atoms with Gasteiger partial charge in [-0.3, -0.25) is 14.6 Å². The number of pyridine rings is 1. The molecule has 0 aromatic carbocycles. The van der Waals surface area contributed by atoms with Crippen molar-refractivity contribution in [3.05, 3.63) is 42.2 Å². The predicted octanol–water partition coefficient (Wildman–Crippen LogP) is 1.92. The van der Waals surface area contributed by atoms with Crippen LogP contribution < -0.4 is 21.3 Å². The molecule has 0 unspecified atom stereocenters. The van der Waals surface area contributed by atoms with Crippen molar-refractivity contribution in [2.75, 3.05) is 22.6 Å². The van der Waals surface area contributed by atoms with Crippen LogP contribution in [0.1, 0.15) is 49.0 Å². The van der Waals surface area contributed by atoms with Gasteiger partial charge < -0.3 is 26.4 Å². The molecule has 5 N–H and O–H groups in total. The lowest BCUT2D eigenvalue weighted by Gasteiger charge is -2.30. The highest BCUT2D eigenvalue weighted by Crippen LogP contribution is 2.30. The van der Waals surface area contributed by atoms with E-state index in [2.05, 4.69) is 36.3 Å². The predicted molar refractivity (Wildman–Crippen MR) is 127 cm³/mol. The molecule has 0 spiro atoms. The van der Waals surface area contributed by atoms with Crippen LogP contribution in [0.15, 0.2) is 30.7 Å². The van der Waals surface area contributed by atoms with Crippen LogP contribution in [0.25, 0.3) is 5.65 Å². The van der Waals surface area contributed by atoms with Gasteiger partial charge in [-0.25, -0.2) is 13.9 Å². The quantitative estimate of drug-likeness (QED) is 0.327. The Kier molecular flexibility index (Phi) is 6.45. The molecule has 11 nitrogen and oxygen atoms in total. The van der Waals surface area contributed by atoms with Crippen molar-refractivity contribution in [3.8, 4) is 0 Å². The van der Waals surface area contributed by atoms with Gasteiger partial charge in [0.25, 0.3) is 5.91 Å². The zero-order chi connectivity index (χ0) is 24.4. The van der Waals surface area contributed by atoms with Crippen molar-refractivity contribution in [1.82, 2.24) is 24.9 Å². The first-order valence-corrected chi connectivity index (χ1v) is 11.7. The molecule has 3 aromatic rings. The molecule has 2 aliphatic rings. The van der Waals surface area contributed by atoms with Crippen LogP contribution in [0.2, 0.25) is 0 Å². The van der Waals surface area contributed by atoms with E-state index in [0.717, 1.165) is 50.4 Å². The molecule has 0 atom stereocenters. The summed E-state index contributed by atoms with van der Waals surface area (Å²) in [6, 6.07) is 3.83. The van der Waals surface area contributed by atoms with E-state index in [1.165, 1.54) is 23.0 Å². The third-order valence-corrected chi connectivity index (χ3v) is 6.25. The van der Waals surface area contributed by atoms with Crippen LogP contribution in [-0.2, 0) is 4.79 Å². The second kappa shape index (κ2) is 9.82. The van der Waals surface area contributed by atoms with Crippen molar-refractivity contribution < 1.29 is 19.1 Å². The number of amides is 2. The van der Waals surface area contributed by atoms with Gasteiger partial charge in [0.2, 0.25) is 5.91 Å². The lowest BCUT2D eigenvalue weighted by Crippen LogP contribution is -2.41. The highest BCUT2D eigenvalue weighted by atomic mass is 19.1. The second-order valence-electron chi connectivity index (χ2n) is 8.97. The number of rotatable bonds is 8. The van der Waals surface area contributed by atoms with E-state index in [1.807, 2.05) is 6.07 Å². The maximum atomic E-state index is 14.0. The zero-order valence-corrected chi connectivity index (χ0v) is 19.0. The first-order chi connectivity index (χ1) is 17.0. The first kappa shape index (κ1) is 23.0. The van der Waals surface area contributed by atoms with E-state index in [0.29, 0.717) is 17.5 Å². The molecule has 184 valence electrons. The Labute approximate surface area is 200 Å². The average molecular weight is 483 g/mol. The van der Waals surface area contributed by atoms with Crippen molar-refractivity contribution in [2.24, 2.45) is 0 Å². The molecule has 2 fully saturated rings. The number of carbonyl (C=O) groups excluding carboxylic acids is 2. The minimum atomic E-state index is -0.633. The summed E-state index contributed by atoms with van der Waals surface area (Å²) in [6.07, 6.45) is 9.20. The molecule has 0 aliphatic heterocycles. The normalized spacial score (nSPS) is 19.8. The number of imidazole rings is 1. The first-order valence-electron chi connectivity index (χ1n) is 11.7. The van der Waals surface area contributed by atoms with Gasteiger partial charge in [0.15, 0.2) is 17.2 Å². The summed E-state index contributed by atoms with van der Waals surface area (Å²) in [4.78, 5) is 32.5. The smallest absolute Gasteiger partial charge is 0.276 e. The Hall–Kier alpha value is -3.80. The molecule has 12 heteroatoms. The number of aliphatic hydroxyl groups is 1. The largest absolute Gasteiger partial charge is 0.387 e. The second-order valence-corrected chi connectivity index (χ2v) is 8.97. The van der Waals surface area contributed by atoms with Gasteiger partial charge in [-0.15, -0.1) is 5.10 Å². The summed E-state index contributed by atoms with van der Waals surface area (Å²) in [5.41, 5.74) is 1.48. The number of nitrogens with zero attached hydrogens (tertiary/aromatic N) is 4. The minimum absolute atomic E-state index is 0.0237. The van der Waals surface area contributed by atoms with E-state index in [-0.39, 0.29) is 29.4 Å². The van der Waals surface area contributed by atoms with E-state index in [1.54, 1.807) is 0 Å². The number of halogens is 1. The van der Waals surface area contributed by atoms with Crippen molar-refractivity contribution >= 4 is 34.7 Å². The number of aliphatic hydroxyl groups excluding tert-OH is 1. The Balaban J connectivity index is 1.36. The van der Waals surface area contributed by atoms with Gasteiger partial charge in [0, 0.05) is 30.4 Å². The summed E-state index contributed by atoms with van der Waals surface area (Å²) in [5, 5.41) is 25.8. The number of hydrogen-bond acceptors (Lipinski definition) is 8. The molecule has 2 aliphatic carbocycles. The summed E-state index contributed by atoms with van der Waals surface area (Å²) in [7, 11) is 0. The van der Waals surface area contributed by atoms with E-state index in [9.17, 15) is 14.0 Å². The number of carbonyl (C=O) groups is 2. The topological polar surface area (TPSA) is 146 Å². The van der Waals surface area contributed by atoms with Crippen molar-refractivity contribution in [1.29, 1.82) is 0 Å². The van der Waals surface area contributed by atoms with E-state index >= 15 is 0 Å². The van der Waals surface area contributed by atoms with Gasteiger partial charge in [0.05, 0.1) is 23.8 Å². The highest BCUT2D eigenvalue weighted by Gasteiger charge is 2.26. The van der Waals surface area contributed by atoms with Crippen LogP contribution in [0.5, 0.6) is 0 Å². The van der Waals surface area contributed by atoms with Gasteiger partial charge in [-0.05, 0) is 44.6 Å². The number of anilines is 3. The standard InChI is InChI=1S/C23H27FN8O3/c24-16-10-25-8-7-17(16)30-23(35)19-11-26-22-18(27-13-1-2-13)9-20(31-32(19)22)28-14-3-5-15(6-4-14)29-21(34)12-33/h7-11,13-15,27,33H,1-6,12H2,(H,28,31)(H,29,34)(H,25,30,35). The molecule has 3 heterocycles. The van der Waals surface area contributed by atoms with Crippen LogP contribution in [-0.4, -0.2) is 61.2 Å². The molecule has 2 saturated carbocycles. The summed E-state index contributed by atoms with van der Waals surface area (Å²) in [5.74, 6) is -0.941. The fourth-order valence-electron chi connectivity index (χ4n) is 4.28. The number of fused-ring (bicyclic) bond motifs is 1. The van der Waals surface area contributed by atoms with Crippen molar-refractivity contribution in [2.45, 2.75) is 56.7 Å². The van der Waals surface area contributed by atoms with Gasteiger partial charge in [-0.1, -0.05) is 0 Å². The third-order valence-electron chi connectivity index (χ3n) is 6.25. The van der Waals surface area contributed by atoms with E-state index in [4.69, 9.17) is 5.11 Å². The summed E-state index contributed by atoms with van der Waals surface area (Å²) < 4.78 is 15.5. The fraction of sp³-hybridized carbons (Fsp3) is 0.435. The zero-order valence-electron chi connectivity index (χ0n) is 19.0. The molecular weight excluding hydrogens is 455 g/mol. The maximum Gasteiger partial charge on any atom is 0.276 e. The lowest BCUT2D eigenvalue weighted by molar-refractivity contribution is -0.124. The molecule has 5 rings (SSSR count). The monoisotopic (exact) mass is 482 g/mol. The lowest BCUT2D eigenvalue weighted by atomic mass is 9.91. The Bertz CT molecular complexity index is 1240. The highest BCUT2D eigenvalue weighted by molar-refractivity contribution is 6.03. The molecule has 3 aromatic heterocycles. The molecule has 0 radical (unpaired) electrons. The number of aromatic nitrogens is 4. The van der Waals surface area contributed by atoms with Crippen LogP contribution >= 0.6 is 0 Å². The summed E-state index contributed by atoms with van der Waals surface area (Å²) in [6.45, 7) is -0.506. The minimum Gasteiger partial charge on any atom is -0.387 e. The number of nitrogens with one attached hydrogen (secondary N) is 4. The van der Waals surface area contributed by atoms with Crippen LogP contribution in [0.3, 0.4) is 0 Å². The maximum absolute atomic E-state index is 14.0. The van der Waals surface area contributed by atoms with Gasteiger partial charge >= 0.3 is 0 Å². The molecule has 2 amide bonds. The van der Waals surface area contributed by atoms with Crippen molar-refractivity contribution in [3.63, 3.8) is 0 Å². The Morgan fingerprint density at radius 1 is 1.03 bits per heavy atom. The average Bonchev–Trinajstić information content (AvgIpc) is 3.57. The van der Waals surface area contributed by atoms with Gasteiger partial charge in [-0.2, -0.15) is 0 Å². The van der Waals surface area contributed by atoms with Crippen LogP contribution in [0.4, 0.5) is 21.6 Å². The summed E-state index contributed by atoms with van der Waals surface area (Å²) >= 11 is 0. The third kappa shape index (κ3) is 5.32. The molecule has 35 heavy (non-hydrogen) atoms. The molecule has 0 bridgehead atoms. The molecule has 0 saturated heterocycles. The van der Waals surface area contributed by atoms with Crippen LogP contribution in [0, 0.1) is 5.82 Å². The SMILES string of the molecule is O=C(CO)NC1CCC(Nc2cc(NC3CC3)c3ncc(C(=O)Nc4ccncc4F)n3n2)CC1. The van der Waals surface area contributed by atoms with Gasteiger partial charge in [0.1, 0.15) is 12.4 Å². The number of hydrogen-bond donors (Lipinski definition) is 5. The molecular formula is C23H27FN8O3. The fourth-order valence-corrected chi connectivity index (χ4v) is 4.28. The Morgan fingerprint density at radius 3 is 2.46 bits per heavy atom. The van der Waals surface area contributed by atoms with E-state index < -0.39 is 18.3 Å².